The van der Waals surface area contributed by atoms with Crippen molar-refractivity contribution in [3.8, 4) is 0 Å². The van der Waals surface area contributed by atoms with Crippen LogP contribution >= 0.6 is 15.9 Å². The van der Waals surface area contributed by atoms with Gasteiger partial charge in [0.2, 0.25) is 0 Å². The van der Waals surface area contributed by atoms with Crippen LogP contribution in [0.25, 0.3) is 0 Å². The monoisotopic (exact) mass is 509 g/mol. The fraction of sp³-hybridized carbons (Fsp3) is 0.731. The van der Waals surface area contributed by atoms with E-state index < -0.39 is 11.4 Å². The van der Waals surface area contributed by atoms with E-state index >= 15 is 0 Å². The molecule has 3 nitrogen and oxygen atoms in total. The van der Waals surface area contributed by atoms with Gasteiger partial charge in [-0.2, -0.15) is 0 Å². The van der Waals surface area contributed by atoms with Crippen molar-refractivity contribution < 1.29 is 9.29 Å². The second-order valence-electron chi connectivity index (χ2n) is 12.2. The summed E-state index contributed by atoms with van der Waals surface area (Å²) in [6.07, 6.45) is 4.27. The van der Waals surface area contributed by atoms with Gasteiger partial charge in [-0.3, -0.25) is 0 Å². The minimum absolute atomic E-state index is 0.0464. The molecule has 1 spiro atoms. The Hall–Kier alpha value is -0.360. The first kappa shape index (κ1) is 25.3. The topological polar surface area (TPSA) is 44.6 Å². The zero-order valence-corrected chi connectivity index (χ0v) is 23.2. The van der Waals surface area contributed by atoms with Crippen LogP contribution in [0.5, 0.6) is 0 Å². The van der Waals surface area contributed by atoms with Gasteiger partial charge >= 0.3 is 0 Å². The van der Waals surface area contributed by atoms with Crippen molar-refractivity contribution in [1.29, 1.82) is 0 Å². The smallest absolute Gasteiger partial charge is 0.144 e. The lowest BCUT2D eigenvalue weighted by Gasteiger charge is -2.47. The molecule has 4 atom stereocenters. The molecule has 0 aliphatic heterocycles. The van der Waals surface area contributed by atoms with Gasteiger partial charge in [-0.1, -0.05) is 54.1 Å². The Bertz CT molecular complexity index is 852. The molecule has 3 rings (SSSR count). The van der Waals surface area contributed by atoms with Crippen LogP contribution in [0.3, 0.4) is 0 Å². The van der Waals surface area contributed by atoms with E-state index in [1.54, 1.807) is 0 Å². The molecule has 0 amide bonds. The van der Waals surface area contributed by atoms with Gasteiger partial charge in [0.1, 0.15) is 21.8 Å². The average Bonchev–Trinajstić information content (AvgIpc) is 2.88. The Morgan fingerprint density at radius 2 is 1.77 bits per heavy atom. The van der Waals surface area contributed by atoms with Crippen LogP contribution in [-0.2, 0) is 22.5 Å². The molecule has 2 aliphatic carbocycles. The summed E-state index contributed by atoms with van der Waals surface area (Å²) in [5.41, 5.74) is 3.40. The van der Waals surface area contributed by atoms with Crippen molar-refractivity contribution >= 4 is 33.0 Å². The number of halogens is 1. The van der Waals surface area contributed by atoms with Gasteiger partial charge in [0, 0.05) is 15.5 Å². The first-order valence-corrected chi connectivity index (χ1v) is 13.4. The molecule has 5 heteroatoms. The molecule has 0 aromatic heterocycles. The molecular formula is C26H40BrNO2S. The quantitative estimate of drug-likeness (QED) is 0.402. The summed E-state index contributed by atoms with van der Waals surface area (Å²) in [6.45, 7) is 19.5. The molecule has 0 heterocycles. The maximum absolute atomic E-state index is 13.1. The van der Waals surface area contributed by atoms with Gasteiger partial charge < -0.3 is 9.29 Å². The molecule has 0 saturated heterocycles. The van der Waals surface area contributed by atoms with Crippen LogP contribution < -0.4 is 0 Å². The first-order chi connectivity index (χ1) is 14.1. The predicted octanol–water partition coefficient (Wildman–Crippen LogP) is 7.27. The zero-order chi connectivity index (χ0) is 23.4. The van der Waals surface area contributed by atoms with E-state index in [1.807, 2.05) is 20.8 Å². The van der Waals surface area contributed by atoms with Crippen molar-refractivity contribution in [1.82, 2.24) is 0 Å². The van der Waals surface area contributed by atoms with Crippen LogP contribution in [0, 0.1) is 16.7 Å². The maximum atomic E-state index is 13.1. The largest absolute Gasteiger partial charge is 0.591 e. The van der Waals surface area contributed by atoms with Crippen LogP contribution in [0.4, 0.5) is 0 Å². The van der Waals surface area contributed by atoms with Crippen molar-refractivity contribution in [3.63, 3.8) is 0 Å². The third kappa shape index (κ3) is 5.10. The maximum Gasteiger partial charge on any atom is 0.144 e. The summed E-state index contributed by atoms with van der Waals surface area (Å²) in [5.74, 6) is 0.418. The SMILES string of the molecule is C[C@H]1C[C@@]2(CC[C@@H]1OC(C)(C)C(C)(C)C)Cc1ccc(Br)cc1C2=N[S+]([O-])C(C)(C)C. The highest BCUT2D eigenvalue weighted by molar-refractivity contribution is 9.10. The summed E-state index contributed by atoms with van der Waals surface area (Å²) in [7, 11) is 0. The van der Waals surface area contributed by atoms with Crippen molar-refractivity contribution in [2.24, 2.45) is 21.1 Å². The summed E-state index contributed by atoms with van der Waals surface area (Å²) in [4.78, 5) is 0. The Morgan fingerprint density at radius 1 is 1.13 bits per heavy atom. The minimum atomic E-state index is -1.27. The molecule has 1 saturated carbocycles. The zero-order valence-electron chi connectivity index (χ0n) is 20.8. The van der Waals surface area contributed by atoms with Crippen LogP contribution in [-0.4, -0.2) is 26.7 Å². The fourth-order valence-corrected chi connectivity index (χ4v) is 5.77. The highest BCUT2D eigenvalue weighted by Crippen LogP contribution is 2.52. The number of hydrogen-bond donors (Lipinski definition) is 0. The van der Waals surface area contributed by atoms with Gasteiger partial charge in [0.05, 0.1) is 11.7 Å². The lowest BCUT2D eigenvalue weighted by molar-refractivity contribution is -0.159. The molecule has 1 aromatic rings. The number of nitrogens with zero attached hydrogens (tertiary/aromatic N) is 1. The molecule has 174 valence electrons. The molecule has 2 aliphatic rings. The van der Waals surface area contributed by atoms with Crippen LogP contribution in [0.2, 0.25) is 0 Å². The predicted molar refractivity (Wildman–Crippen MR) is 136 cm³/mol. The second-order valence-corrected chi connectivity index (χ2v) is 15.0. The number of benzene rings is 1. The number of rotatable bonds is 3. The Morgan fingerprint density at radius 3 is 2.32 bits per heavy atom. The fourth-order valence-electron chi connectivity index (χ4n) is 4.68. The van der Waals surface area contributed by atoms with Crippen LogP contribution in [0.15, 0.2) is 27.1 Å². The first-order valence-electron chi connectivity index (χ1n) is 11.5. The van der Waals surface area contributed by atoms with Crippen molar-refractivity contribution in [2.45, 2.75) is 104 Å². The van der Waals surface area contributed by atoms with Gasteiger partial charge in [-0.15, -0.1) is 0 Å². The second kappa shape index (κ2) is 8.45. The molecule has 1 aromatic carbocycles. The Kier molecular flexibility index (Phi) is 6.89. The number of ether oxygens (including phenoxy) is 1. The normalized spacial score (nSPS) is 29.5. The van der Waals surface area contributed by atoms with E-state index in [0.29, 0.717) is 5.92 Å². The average molecular weight is 511 g/mol. The van der Waals surface area contributed by atoms with E-state index in [9.17, 15) is 4.55 Å². The molecule has 31 heavy (non-hydrogen) atoms. The third-order valence-corrected chi connectivity index (χ3v) is 9.45. The molecular weight excluding hydrogens is 470 g/mol. The standard InChI is InChI=1S/C26H40BrNO2S/c1-17-15-26(13-12-21(17)30-25(8,9)23(2,3)4)16-18-10-11-19(27)14-20(18)22(26)28-31(29)24(5,6)7/h10-11,14,17,21H,12-13,15-16H2,1-9H3/t17-,21-,26-,31?/m0/s1. The third-order valence-electron chi connectivity index (χ3n) is 7.56. The van der Waals surface area contributed by atoms with Gasteiger partial charge in [0.15, 0.2) is 0 Å². The summed E-state index contributed by atoms with van der Waals surface area (Å²) >= 11 is 2.36. The summed E-state index contributed by atoms with van der Waals surface area (Å²) in [5, 5.41) is 0. The molecule has 0 N–H and O–H groups in total. The van der Waals surface area contributed by atoms with E-state index in [-0.39, 0.29) is 27.3 Å². The number of hydrogen-bond acceptors (Lipinski definition) is 3. The van der Waals surface area contributed by atoms with E-state index in [1.165, 1.54) is 11.1 Å². The number of fused-ring (bicyclic) bond motifs is 1. The Labute approximate surface area is 201 Å². The lowest BCUT2D eigenvalue weighted by Crippen LogP contribution is -2.48. The lowest BCUT2D eigenvalue weighted by atomic mass is 9.66. The van der Waals surface area contributed by atoms with E-state index in [2.05, 4.69) is 75.7 Å². The molecule has 0 radical (unpaired) electrons. The summed E-state index contributed by atoms with van der Waals surface area (Å²) in [6, 6.07) is 6.48. The summed E-state index contributed by atoms with van der Waals surface area (Å²) < 4.78 is 25.4. The van der Waals surface area contributed by atoms with E-state index in [0.717, 1.165) is 35.9 Å². The molecule has 1 fully saturated rings. The van der Waals surface area contributed by atoms with Crippen molar-refractivity contribution in [3.05, 3.63) is 33.8 Å². The minimum Gasteiger partial charge on any atom is -0.591 e. The molecule has 1 unspecified atom stereocenters. The Balaban J connectivity index is 1.93. The van der Waals surface area contributed by atoms with Gasteiger partial charge in [0.25, 0.3) is 0 Å². The van der Waals surface area contributed by atoms with Gasteiger partial charge in [-0.25, -0.2) is 0 Å². The highest BCUT2D eigenvalue weighted by Gasteiger charge is 2.51. The highest BCUT2D eigenvalue weighted by atomic mass is 79.9. The van der Waals surface area contributed by atoms with Crippen molar-refractivity contribution in [2.75, 3.05) is 0 Å². The molecule has 0 bridgehead atoms. The van der Waals surface area contributed by atoms with Gasteiger partial charge in [-0.05, 0) is 89.3 Å². The van der Waals surface area contributed by atoms with E-state index in [4.69, 9.17) is 9.13 Å². The van der Waals surface area contributed by atoms with Crippen LogP contribution in [0.1, 0.15) is 92.7 Å².